The minimum atomic E-state index is -0.379. The number of methoxy groups -OCH3 is 1. The molecule has 0 saturated carbocycles. The molecule has 0 aromatic heterocycles. The van der Waals surface area contributed by atoms with Crippen molar-refractivity contribution in [2.45, 2.75) is 32.2 Å². The van der Waals surface area contributed by atoms with E-state index in [0.29, 0.717) is 5.69 Å². The molecule has 2 aromatic carbocycles. The van der Waals surface area contributed by atoms with Gasteiger partial charge in [0.15, 0.2) is 0 Å². The molecule has 0 fully saturated rings. The van der Waals surface area contributed by atoms with Crippen molar-refractivity contribution in [1.29, 1.82) is 0 Å². The van der Waals surface area contributed by atoms with Crippen LogP contribution in [0.15, 0.2) is 54.6 Å². The van der Waals surface area contributed by atoms with Gasteiger partial charge in [0, 0.05) is 11.2 Å². The largest absolute Gasteiger partial charge is 0.469 e. The van der Waals surface area contributed by atoms with Crippen LogP contribution in [0.1, 0.15) is 25.0 Å². The van der Waals surface area contributed by atoms with Crippen molar-refractivity contribution in [1.82, 2.24) is 5.32 Å². The minimum absolute atomic E-state index is 0.215. The first kappa shape index (κ1) is 18.5. The van der Waals surface area contributed by atoms with E-state index in [2.05, 4.69) is 15.4 Å². The van der Waals surface area contributed by atoms with Crippen LogP contribution in [-0.4, -0.2) is 24.6 Å². The lowest BCUT2D eigenvalue weighted by Gasteiger charge is -2.26. The highest BCUT2D eigenvalue weighted by Crippen LogP contribution is 2.14. The fourth-order valence-corrected chi connectivity index (χ4v) is 2.56. The molecule has 0 aliphatic carbocycles. The summed E-state index contributed by atoms with van der Waals surface area (Å²) in [5.74, 6) is -0.291. The van der Waals surface area contributed by atoms with Crippen LogP contribution >= 0.6 is 0 Å². The summed E-state index contributed by atoms with van der Waals surface area (Å²) < 4.78 is 4.63. The average molecular weight is 340 g/mol. The summed E-state index contributed by atoms with van der Waals surface area (Å²) in [5.41, 5.74) is 2.29. The molecule has 5 nitrogen and oxygen atoms in total. The van der Waals surface area contributed by atoms with Crippen molar-refractivity contribution in [2.75, 3.05) is 12.4 Å². The number of nitrogens with one attached hydrogen (secondary N) is 2. The summed E-state index contributed by atoms with van der Waals surface area (Å²) in [6, 6.07) is 16.9. The first-order valence-electron chi connectivity index (χ1n) is 8.17. The zero-order chi connectivity index (χ0) is 18.3. The molecule has 132 valence electrons. The Labute approximate surface area is 148 Å². The number of anilines is 1. The van der Waals surface area contributed by atoms with Crippen molar-refractivity contribution in [3.63, 3.8) is 0 Å². The summed E-state index contributed by atoms with van der Waals surface area (Å²) >= 11 is 0. The Bertz CT molecular complexity index is 709. The third-order valence-electron chi connectivity index (χ3n) is 3.73. The number of amides is 2. The summed E-state index contributed by atoms with van der Waals surface area (Å²) in [6.45, 7) is 3.97. The molecule has 0 saturated heterocycles. The number of rotatable bonds is 6. The molecular formula is C20H24N2O3. The second-order valence-electron chi connectivity index (χ2n) is 6.58. The third-order valence-corrected chi connectivity index (χ3v) is 3.73. The van der Waals surface area contributed by atoms with Gasteiger partial charge in [-0.1, -0.05) is 42.5 Å². The van der Waals surface area contributed by atoms with Gasteiger partial charge >= 0.3 is 12.0 Å². The predicted octanol–water partition coefficient (Wildman–Crippen LogP) is 3.54. The van der Waals surface area contributed by atoms with Crippen LogP contribution in [0.4, 0.5) is 10.5 Å². The Kier molecular flexibility index (Phi) is 6.17. The minimum Gasteiger partial charge on any atom is -0.469 e. The van der Waals surface area contributed by atoms with E-state index >= 15 is 0 Å². The van der Waals surface area contributed by atoms with Gasteiger partial charge in [-0.25, -0.2) is 4.79 Å². The first-order valence-corrected chi connectivity index (χ1v) is 8.17. The Morgan fingerprint density at radius 2 is 1.60 bits per heavy atom. The maximum absolute atomic E-state index is 12.2. The second kappa shape index (κ2) is 8.33. The molecule has 0 aliphatic heterocycles. The monoisotopic (exact) mass is 340 g/mol. The normalized spacial score (nSPS) is 10.8. The highest BCUT2D eigenvalue weighted by atomic mass is 16.5. The zero-order valence-electron chi connectivity index (χ0n) is 14.8. The highest BCUT2D eigenvalue weighted by molar-refractivity contribution is 5.89. The molecule has 2 aromatic rings. The molecule has 5 heteroatoms. The van der Waals surface area contributed by atoms with Crippen LogP contribution in [0.5, 0.6) is 0 Å². The van der Waals surface area contributed by atoms with E-state index in [1.54, 1.807) is 24.3 Å². The van der Waals surface area contributed by atoms with Crippen LogP contribution in [0.3, 0.4) is 0 Å². The van der Waals surface area contributed by atoms with Crippen LogP contribution in [0.25, 0.3) is 0 Å². The topological polar surface area (TPSA) is 67.4 Å². The van der Waals surface area contributed by atoms with Gasteiger partial charge in [-0.3, -0.25) is 4.79 Å². The number of carbonyl (C=O) groups excluding carboxylic acids is 2. The third kappa shape index (κ3) is 6.30. The van der Waals surface area contributed by atoms with Gasteiger partial charge in [0.2, 0.25) is 0 Å². The standard InChI is InChI=1S/C20H24N2O3/c1-20(2,14-16-7-5-4-6-8-16)22-19(24)21-17-11-9-15(10-12-17)13-18(23)25-3/h4-12H,13-14H2,1-3H3,(H2,21,22,24). The molecule has 25 heavy (non-hydrogen) atoms. The molecule has 0 bridgehead atoms. The summed E-state index contributed by atoms with van der Waals surface area (Å²) in [5, 5.41) is 5.80. The van der Waals surface area contributed by atoms with Gasteiger partial charge in [0.25, 0.3) is 0 Å². The lowest BCUT2D eigenvalue weighted by atomic mass is 9.95. The van der Waals surface area contributed by atoms with Gasteiger partial charge in [-0.05, 0) is 43.5 Å². The van der Waals surface area contributed by atoms with Crippen LogP contribution < -0.4 is 10.6 Å². The van der Waals surface area contributed by atoms with E-state index in [4.69, 9.17) is 0 Å². The number of esters is 1. The average Bonchev–Trinajstić information content (AvgIpc) is 2.56. The SMILES string of the molecule is COC(=O)Cc1ccc(NC(=O)NC(C)(C)Cc2ccccc2)cc1. The first-order chi connectivity index (χ1) is 11.9. The summed E-state index contributed by atoms with van der Waals surface area (Å²) in [7, 11) is 1.36. The molecule has 0 heterocycles. The van der Waals surface area contributed by atoms with Crippen molar-refractivity contribution in [3.8, 4) is 0 Å². The van der Waals surface area contributed by atoms with Crippen molar-refractivity contribution >= 4 is 17.7 Å². The van der Waals surface area contributed by atoms with Gasteiger partial charge in [0.05, 0.1) is 13.5 Å². The Morgan fingerprint density at radius 3 is 2.20 bits per heavy atom. The fourth-order valence-electron chi connectivity index (χ4n) is 2.56. The van der Waals surface area contributed by atoms with Crippen molar-refractivity contribution in [3.05, 3.63) is 65.7 Å². The van der Waals surface area contributed by atoms with Crippen molar-refractivity contribution in [2.24, 2.45) is 0 Å². The van der Waals surface area contributed by atoms with E-state index < -0.39 is 0 Å². The van der Waals surface area contributed by atoms with E-state index in [-0.39, 0.29) is 24.0 Å². The zero-order valence-corrected chi connectivity index (χ0v) is 14.8. The molecule has 0 atom stereocenters. The molecule has 0 spiro atoms. The van der Waals surface area contributed by atoms with Crippen LogP contribution in [0.2, 0.25) is 0 Å². The lowest BCUT2D eigenvalue weighted by Crippen LogP contribution is -2.47. The molecule has 0 unspecified atom stereocenters. The fraction of sp³-hybridized carbons (Fsp3) is 0.300. The van der Waals surface area contributed by atoms with E-state index in [1.807, 2.05) is 44.2 Å². The maximum Gasteiger partial charge on any atom is 0.319 e. The van der Waals surface area contributed by atoms with Gasteiger partial charge in [0.1, 0.15) is 0 Å². The summed E-state index contributed by atoms with van der Waals surface area (Å²) in [6.07, 6.45) is 0.951. The highest BCUT2D eigenvalue weighted by Gasteiger charge is 2.21. The predicted molar refractivity (Wildman–Crippen MR) is 98.5 cm³/mol. The molecule has 0 radical (unpaired) electrons. The van der Waals surface area contributed by atoms with Crippen molar-refractivity contribution < 1.29 is 14.3 Å². The number of hydrogen-bond donors (Lipinski definition) is 2. The molecule has 2 amide bonds. The van der Waals surface area contributed by atoms with Gasteiger partial charge in [-0.15, -0.1) is 0 Å². The van der Waals surface area contributed by atoms with Gasteiger partial charge in [-0.2, -0.15) is 0 Å². The Hall–Kier alpha value is -2.82. The Balaban J connectivity index is 1.89. The molecule has 0 aliphatic rings. The van der Waals surface area contributed by atoms with E-state index in [1.165, 1.54) is 12.7 Å². The van der Waals surface area contributed by atoms with E-state index in [0.717, 1.165) is 12.0 Å². The smallest absolute Gasteiger partial charge is 0.319 e. The number of carbonyl (C=O) groups is 2. The lowest BCUT2D eigenvalue weighted by molar-refractivity contribution is -0.139. The van der Waals surface area contributed by atoms with Crippen LogP contribution in [-0.2, 0) is 22.4 Å². The molecule has 2 N–H and O–H groups in total. The number of benzene rings is 2. The maximum atomic E-state index is 12.2. The Morgan fingerprint density at radius 1 is 0.960 bits per heavy atom. The summed E-state index contributed by atoms with van der Waals surface area (Å²) in [4.78, 5) is 23.5. The number of ether oxygens (including phenoxy) is 1. The molecule has 2 rings (SSSR count). The second-order valence-corrected chi connectivity index (χ2v) is 6.58. The number of urea groups is 1. The quantitative estimate of drug-likeness (QED) is 0.790. The molecular weight excluding hydrogens is 316 g/mol. The van der Waals surface area contributed by atoms with Crippen LogP contribution in [0, 0.1) is 0 Å². The number of hydrogen-bond acceptors (Lipinski definition) is 3. The van der Waals surface area contributed by atoms with Gasteiger partial charge < -0.3 is 15.4 Å². The van der Waals surface area contributed by atoms with E-state index in [9.17, 15) is 9.59 Å².